The number of hydrogen-bond donors (Lipinski definition) is 1. The molecule has 0 amide bonds. The molecule has 0 aliphatic carbocycles. The second-order valence-corrected chi connectivity index (χ2v) is 4.48. The number of carboxylic acids is 1. The van der Waals surface area contributed by atoms with Crippen molar-refractivity contribution >= 4 is 16.9 Å². The van der Waals surface area contributed by atoms with E-state index in [0.29, 0.717) is 22.3 Å². The Balaban J connectivity index is 2.29. The van der Waals surface area contributed by atoms with Gasteiger partial charge in [0, 0.05) is 10.9 Å². The van der Waals surface area contributed by atoms with Crippen LogP contribution in [0.5, 0.6) is 5.75 Å². The number of furan rings is 1. The number of benzene rings is 2. The van der Waals surface area contributed by atoms with Gasteiger partial charge >= 0.3 is 5.97 Å². The van der Waals surface area contributed by atoms with Crippen LogP contribution in [0.3, 0.4) is 0 Å². The van der Waals surface area contributed by atoms with Crippen molar-refractivity contribution in [1.29, 1.82) is 0 Å². The maximum atomic E-state index is 13.0. The van der Waals surface area contributed by atoms with E-state index in [9.17, 15) is 14.3 Å². The fourth-order valence-corrected chi connectivity index (χ4v) is 2.22. The molecule has 0 atom stereocenters. The molecule has 0 aliphatic rings. The molecule has 5 heteroatoms. The molecule has 4 nitrogen and oxygen atoms in total. The van der Waals surface area contributed by atoms with Crippen LogP contribution >= 0.6 is 0 Å². The number of aromatic carboxylic acids is 1. The molecule has 0 saturated heterocycles. The summed E-state index contributed by atoms with van der Waals surface area (Å²) < 4.78 is 23.7. The summed E-state index contributed by atoms with van der Waals surface area (Å²) in [5.41, 5.74) is 0.979. The fourth-order valence-electron chi connectivity index (χ4n) is 2.22. The van der Waals surface area contributed by atoms with E-state index in [1.807, 2.05) is 0 Å². The molecular weight excluding hydrogens is 275 g/mol. The number of methoxy groups -OCH3 is 1. The van der Waals surface area contributed by atoms with Crippen LogP contribution < -0.4 is 4.74 Å². The van der Waals surface area contributed by atoms with Crippen molar-refractivity contribution in [1.82, 2.24) is 0 Å². The van der Waals surface area contributed by atoms with E-state index in [4.69, 9.17) is 9.15 Å². The van der Waals surface area contributed by atoms with Crippen LogP contribution in [0.15, 0.2) is 46.9 Å². The Labute approximate surface area is 119 Å². The van der Waals surface area contributed by atoms with E-state index in [2.05, 4.69) is 0 Å². The molecule has 0 saturated carbocycles. The molecule has 1 N–H and O–H groups in total. The van der Waals surface area contributed by atoms with Crippen LogP contribution in [-0.2, 0) is 0 Å². The number of rotatable bonds is 3. The summed E-state index contributed by atoms with van der Waals surface area (Å²) in [4.78, 5) is 11.6. The zero-order chi connectivity index (χ0) is 15.0. The predicted octanol–water partition coefficient (Wildman–Crippen LogP) is 3.95. The summed E-state index contributed by atoms with van der Waals surface area (Å²) >= 11 is 0. The number of fused-ring (bicyclic) bond motifs is 1. The second-order valence-electron chi connectivity index (χ2n) is 4.48. The van der Waals surface area contributed by atoms with Gasteiger partial charge in [0.15, 0.2) is 0 Å². The van der Waals surface area contributed by atoms with Crippen LogP contribution in [0.2, 0.25) is 0 Å². The molecule has 0 fully saturated rings. The SMILES string of the molecule is COc1ccc2oc(-c3ccc(F)cc3)c(C(=O)O)c2c1. The Morgan fingerprint density at radius 2 is 1.90 bits per heavy atom. The Morgan fingerprint density at radius 1 is 1.19 bits per heavy atom. The molecular formula is C16H11FO4. The van der Waals surface area contributed by atoms with Gasteiger partial charge in [-0.3, -0.25) is 0 Å². The van der Waals surface area contributed by atoms with Crippen molar-refractivity contribution in [2.45, 2.75) is 0 Å². The van der Waals surface area contributed by atoms with Crippen molar-refractivity contribution in [2.75, 3.05) is 7.11 Å². The Kier molecular flexibility index (Phi) is 3.10. The molecule has 0 aliphatic heterocycles. The number of carbonyl (C=O) groups is 1. The van der Waals surface area contributed by atoms with Crippen LogP contribution in [0.25, 0.3) is 22.3 Å². The zero-order valence-corrected chi connectivity index (χ0v) is 11.1. The van der Waals surface area contributed by atoms with E-state index in [1.165, 1.54) is 31.4 Å². The first-order valence-electron chi connectivity index (χ1n) is 6.20. The lowest BCUT2D eigenvalue weighted by Gasteiger charge is -1.99. The van der Waals surface area contributed by atoms with E-state index in [1.54, 1.807) is 18.2 Å². The highest BCUT2D eigenvalue weighted by Gasteiger charge is 2.22. The molecule has 1 heterocycles. The first-order chi connectivity index (χ1) is 10.1. The fraction of sp³-hybridized carbons (Fsp3) is 0.0625. The molecule has 1 aromatic heterocycles. The molecule has 106 valence electrons. The molecule has 0 bridgehead atoms. The number of hydrogen-bond acceptors (Lipinski definition) is 3. The lowest BCUT2D eigenvalue weighted by Crippen LogP contribution is -1.97. The van der Waals surface area contributed by atoms with Gasteiger partial charge in [-0.25, -0.2) is 9.18 Å². The monoisotopic (exact) mass is 286 g/mol. The van der Waals surface area contributed by atoms with Crippen LogP contribution in [0.4, 0.5) is 4.39 Å². The van der Waals surface area contributed by atoms with E-state index in [-0.39, 0.29) is 11.3 Å². The smallest absolute Gasteiger partial charge is 0.340 e. The van der Waals surface area contributed by atoms with Crippen LogP contribution in [-0.4, -0.2) is 18.2 Å². The number of carboxylic acid groups (broad SMARTS) is 1. The van der Waals surface area contributed by atoms with Gasteiger partial charge in [-0.2, -0.15) is 0 Å². The third-order valence-corrected chi connectivity index (χ3v) is 3.22. The molecule has 0 unspecified atom stereocenters. The Bertz CT molecular complexity index is 818. The highest BCUT2D eigenvalue weighted by molar-refractivity contribution is 6.08. The van der Waals surface area contributed by atoms with Crippen LogP contribution in [0.1, 0.15) is 10.4 Å². The average molecular weight is 286 g/mol. The van der Waals surface area contributed by atoms with Gasteiger partial charge in [0.2, 0.25) is 0 Å². The summed E-state index contributed by atoms with van der Waals surface area (Å²) in [7, 11) is 1.50. The lowest BCUT2D eigenvalue weighted by molar-refractivity contribution is 0.0699. The van der Waals surface area contributed by atoms with Gasteiger partial charge in [-0.05, 0) is 42.5 Å². The molecule has 3 rings (SSSR count). The van der Waals surface area contributed by atoms with Gasteiger partial charge < -0.3 is 14.3 Å². The normalized spacial score (nSPS) is 10.8. The third kappa shape index (κ3) is 2.23. The molecule has 21 heavy (non-hydrogen) atoms. The summed E-state index contributed by atoms with van der Waals surface area (Å²) in [6, 6.07) is 10.4. The molecule has 2 aromatic carbocycles. The molecule has 0 spiro atoms. The summed E-state index contributed by atoms with van der Waals surface area (Å²) in [5.74, 6) is -0.767. The van der Waals surface area contributed by atoms with Gasteiger partial charge in [0.05, 0.1) is 7.11 Å². The lowest BCUT2D eigenvalue weighted by atomic mass is 10.1. The second kappa shape index (κ2) is 4.94. The minimum absolute atomic E-state index is 0.0375. The van der Waals surface area contributed by atoms with Crippen LogP contribution in [0, 0.1) is 5.82 Å². The first-order valence-corrected chi connectivity index (χ1v) is 6.20. The minimum Gasteiger partial charge on any atom is -0.497 e. The largest absolute Gasteiger partial charge is 0.497 e. The van der Waals surface area contributed by atoms with Crippen molar-refractivity contribution in [3.63, 3.8) is 0 Å². The highest BCUT2D eigenvalue weighted by atomic mass is 19.1. The van der Waals surface area contributed by atoms with E-state index < -0.39 is 11.8 Å². The van der Waals surface area contributed by atoms with E-state index >= 15 is 0 Å². The van der Waals surface area contributed by atoms with Crippen molar-refractivity contribution in [2.24, 2.45) is 0 Å². The summed E-state index contributed by atoms with van der Waals surface area (Å²) in [5, 5.41) is 9.90. The molecule has 3 aromatic rings. The van der Waals surface area contributed by atoms with E-state index in [0.717, 1.165) is 0 Å². The van der Waals surface area contributed by atoms with Crippen molar-refractivity contribution in [3.05, 3.63) is 53.8 Å². The first kappa shape index (κ1) is 13.2. The highest BCUT2D eigenvalue weighted by Crippen LogP contribution is 2.35. The van der Waals surface area contributed by atoms with Gasteiger partial charge in [0.1, 0.15) is 28.5 Å². The Morgan fingerprint density at radius 3 is 2.52 bits per heavy atom. The zero-order valence-electron chi connectivity index (χ0n) is 11.1. The van der Waals surface area contributed by atoms with Gasteiger partial charge in [0.25, 0.3) is 0 Å². The standard InChI is InChI=1S/C16H11FO4/c1-20-11-6-7-13-12(8-11)14(16(18)19)15(21-13)9-2-4-10(17)5-3-9/h2-8H,1H3,(H,18,19). The molecule has 0 radical (unpaired) electrons. The number of ether oxygens (including phenoxy) is 1. The quantitative estimate of drug-likeness (QED) is 0.792. The maximum absolute atomic E-state index is 13.0. The van der Waals surface area contributed by atoms with Gasteiger partial charge in [-0.15, -0.1) is 0 Å². The topological polar surface area (TPSA) is 59.7 Å². The van der Waals surface area contributed by atoms with Crippen molar-refractivity contribution in [3.8, 4) is 17.1 Å². The summed E-state index contributed by atoms with van der Waals surface area (Å²) in [6.07, 6.45) is 0. The third-order valence-electron chi connectivity index (χ3n) is 3.22. The summed E-state index contributed by atoms with van der Waals surface area (Å²) in [6.45, 7) is 0. The average Bonchev–Trinajstić information content (AvgIpc) is 2.86. The minimum atomic E-state index is -1.11. The number of halogens is 1. The Hall–Kier alpha value is -2.82. The van der Waals surface area contributed by atoms with Gasteiger partial charge in [-0.1, -0.05) is 0 Å². The van der Waals surface area contributed by atoms with Crippen molar-refractivity contribution < 1.29 is 23.4 Å². The predicted molar refractivity (Wildman–Crippen MR) is 75.1 cm³/mol. The maximum Gasteiger partial charge on any atom is 0.340 e.